The molecule has 1 atom stereocenters. The number of nitrogens with one attached hydrogen (secondary N) is 2. The first kappa shape index (κ1) is 4.78. The molecule has 0 amide bonds. The molecular formula is C5H10N2. The first-order valence-corrected chi connectivity index (χ1v) is 2.65. The number of hydrogen-bond donors (Lipinski definition) is 2. The second-order valence-electron chi connectivity index (χ2n) is 1.92. The predicted octanol–water partition coefficient (Wildman–Crippen LogP) is 0.245. The zero-order chi connectivity index (χ0) is 5.11. The molecule has 0 aliphatic carbocycles. The van der Waals surface area contributed by atoms with Crippen LogP contribution in [0.3, 0.4) is 0 Å². The van der Waals surface area contributed by atoms with Crippen molar-refractivity contribution in [2.45, 2.75) is 6.42 Å². The van der Waals surface area contributed by atoms with Crippen LogP contribution in [0.25, 0.3) is 0 Å². The Hall–Kier alpha value is -0.370. The summed E-state index contributed by atoms with van der Waals surface area (Å²) in [6, 6.07) is 0. The van der Waals surface area contributed by atoms with Gasteiger partial charge in [-0.2, -0.15) is 0 Å². The quantitative estimate of drug-likeness (QED) is 0.453. The van der Waals surface area contributed by atoms with Crippen LogP contribution in [0.2, 0.25) is 0 Å². The monoisotopic (exact) mass is 98.1 g/mol. The lowest BCUT2D eigenvalue weighted by Crippen LogP contribution is -2.08. The molecule has 1 aliphatic rings. The van der Waals surface area contributed by atoms with E-state index >= 15 is 0 Å². The van der Waals surface area contributed by atoms with Gasteiger partial charge in [0.25, 0.3) is 0 Å². The minimum absolute atomic E-state index is 0.528. The molecule has 0 radical (unpaired) electrons. The van der Waals surface area contributed by atoms with Crippen LogP contribution in [-0.4, -0.2) is 19.3 Å². The molecule has 7 heavy (non-hydrogen) atoms. The lowest BCUT2D eigenvalue weighted by molar-refractivity contribution is 0.784. The lowest BCUT2D eigenvalue weighted by atomic mass is 10.1. The van der Waals surface area contributed by atoms with Gasteiger partial charge in [-0.1, -0.05) is 0 Å². The fraction of sp³-hybridized carbons (Fsp3) is 0.800. The number of rotatable bonds is 1. The molecular weight excluding hydrogens is 88.1 g/mol. The molecule has 2 nitrogen and oxygen atoms in total. The van der Waals surface area contributed by atoms with Gasteiger partial charge in [0, 0.05) is 12.5 Å². The molecule has 0 aromatic heterocycles. The maximum Gasteiger partial charge on any atom is 0.00723 e. The molecule has 0 aromatic rings. The molecule has 1 saturated heterocycles. The summed E-state index contributed by atoms with van der Waals surface area (Å²) < 4.78 is 0. The minimum Gasteiger partial charge on any atom is -0.316 e. The van der Waals surface area contributed by atoms with Crippen LogP contribution in [-0.2, 0) is 0 Å². The zero-order valence-corrected chi connectivity index (χ0v) is 4.28. The van der Waals surface area contributed by atoms with E-state index in [2.05, 4.69) is 5.32 Å². The Kier molecular flexibility index (Phi) is 1.42. The molecule has 1 aliphatic heterocycles. The first-order chi connectivity index (χ1) is 3.43. The highest BCUT2D eigenvalue weighted by molar-refractivity contribution is 5.57. The van der Waals surface area contributed by atoms with Gasteiger partial charge < -0.3 is 10.7 Å². The third-order valence-electron chi connectivity index (χ3n) is 1.33. The van der Waals surface area contributed by atoms with Crippen molar-refractivity contribution in [1.82, 2.24) is 5.32 Å². The largest absolute Gasteiger partial charge is 0.316 e. The summed E-state index contributed by atoms with van der Waals surface area (Å²) in [6.07, 6.45) is 2.68. The molecule has 1 fully saturated rings. The molecule has 0 bridgehead atoms. The molecule has 0 saturated carbocycles. The van der Waals surface area contributed by atoms with E-state index in [1.165, 1.54) is 6.21 Å². The van der Waals surface area contributed by atoms with Gasteiger partial charge in [-0.05, 0) is 19.2 Å². The predicted molar refractivity (Wildman–Crippen MR) is 29.8 cm³/mol. The van der Waals surface area contributed by atoms with Crippen molar-refractivity contribution >= 4 is 6.21 Å². The van der Waals surface area contributed by atoms with Gasteiger partial charge in [0.05, 0.1) is 0 Å². The molecule has 2 heteroatoms. The van der Waals surface area contributed by atoms with Gasteiger partial charge in [0.15, 0.2) is 0 Å². The maximum atomic E-state index is 6.83. The third kappa shape index (κ3) is 0.996. The molecule has 1 rings (SSSR count). The van der Waals surface area contributed by atoms with Crippen molar-refractivity contribution in [2.24, 2.45) is 5.92 Å². The van der Waals surface area contributed by atoms with E-state index in [0.717, 1.165) is 19.5 Å². The van der Waals surface area contributed by atoms with Gasteiger partial charge in [-0.15, -0.1) is 0 Å². The summed E-state index contributed by atoms with van der Waals surface area (Å²) in [6.45, 7) is 2.11. The van der Waals surface area contributed by atoms with Crippen LogP contribution in [0.5, 0.6) is 0 Å². The van der Waals surface area contributed by atoms with E-state index in [4.69, 9.17) is 5.41 Å². The van der Waals surface area contributed by atoms with Gasteiger partial charge in [0.1, 0.15) is 0 Å². The second kappa shape index (κ2) is 2.07. The topological polar surface area (TPSA) is 35.9 Å². The van der Waals surface area contributed by atoms with E-state index in [-0.39, 0.29) is 0 Å². The Labute approximate surface area is 43.4 Å². The van der Waals surface area contributed by atoms with Crippen molar-refractivity contribution in [2.75, 3.05) is 13.1 Å². The fourth-order valence-corrected chi connectivity index (χ4v) is 0.819. The first-order valence-electron chi connectivity index (χ1n) is 2.65. The van der Waals surface area contributed by atoms with Crippen LogP contribution in [0, 0.1) is 11.3 Å². The Morgan fingerprint density at radius 3 is 2.86 bits per heavy atom. The van der Waals surface area contributed by atoms with E-state index in [1.54, 1.807) is 0 Å². The van der Waals surface area contributed by atoms with Crippen LogP contribution < -0.4 is 5.32 Å². The standard InChI is InChI=1S/C5H10N2/c6-3-5-1-2-7-4-5/h3,5-7H,1-2,4H2. The third-order valence-corrected chi connectivity index (χ3v) is 1.33. The van der Waals surface area contributed by atoms with Gasteiger partial charge in [-0.25, -0.2) is 0 Å². The smallest absolute Gasteiger partial charge is 0.00723 e. The minimum atomic E-state index is 0.528. The Morgan fingerprint density at radius 2 is 2.57 bits per heavy atom. The Balaban J connectivity index is 2.26. The highest BCUT2D eigenvalue weighted by Gasteiger charge is 2.09. The average Bonchev–Trinajstić information content (AvgIpc) is 2.14. The van der Waals surface area contributed by atoms with Crippen molar-refractivity contribution in [3.63, 3.8) is 0 Å². The molecule has 0 spiro atoms. The lowest BCUT2D eigenvalue weighted by Gasteiger charge is -1.92. The summed E-state index contributed by atoms with van der Waals surface area (Å²) in [5.74, 6) is 0.528. The zero-order valence-electron chi connectivity index (χ0n) is 4.28. The summed E-state index contributed by atoms with van der Waals surface area (Å²) in [5.41, 5.74) is 0. The summed E-state index contributed by atoms with van der Waals surface area (Å²) in [5, 5.41) is 10.0. The van der Waals surface area contributed by atoms with Gasteiger partial charge in [0.2, 0.25) is 0 Å². The van der Waals surface area contributed by atoms with Crippen LogP contribution in [0.15, 0.2) is 0 Å². The van der Waals surface area contributed by atoms with Crippen molar-refractivity contribution in [3.05, 3.63) is 0 Å². The van der Waals surface area contributed by atoms with Gasteiger partial charge >= 0.3 is 0 Å². The Bertz CT molecular complexity index is 64.5. The highest BCUT2D eigenvalue weighted by Crippen LogP contribution is 2.01. The maximum absolute atomic E-state index is 6.83. The number of hydrogen-bond acceptors (Lipinski definition) is 2. The van der Waals surface area contributed by atoms with Gasteiger partial charge in [-0.3, -0.25) is 0 Å². The summed E-state index contributed by atoms with van der Waals surface area (Å²) >= 11 is 0. The molecule has 40 valence electrons. The second-order valence-corrected chi connectivity index (χ2v) is 1.92. The summed E-state index contributed by atoms with van der Waals surface area (Å²) in [7, 11) is 0. The van der Waals surface area contributed by atoms with Crippen LogP contribution >= 0.6 is 0 Å². The normalized spacial score (nSPS) is 30.6. The molecule has 1 heterocycles. The van der Waals surface area contributed by atoms with E-state index in [9.17, 15) is 0 Å². The molecule has 2 N–H and O–H groups in total. The highest BCUT2D eigenvalue weighted by atomic mass is 14.9. The van der Waals surface area contributed by atoms with E-state index in [0.29, 0.717) is 5.92 Å². The summed E-state index contributed by atoms with van der Waals surface area (Å²) in [4.78, 5) is 0. The van der Waals surface area contributed by atoms with Crippen molar-refractivity contribution < 1.29 is 0 Å². The van der Waals surface area contributed by atoms with E-state index in [1.807, 2.05) is 0 Å². The molecule has 1 unspecified atom stereocenters. The average molecular weight is 98.1 g/mol. The fourth-order valence-electron chi connectivity index (χ4n) is 0.819. The van der Waals surface area contributed by atoms with Crippen molar-refractivity contribution in [1.29, 1.82) is 5.41 Å². The van der Waals surface area contributed by atoms with Crippen LogP contribution in [0.4, 0.5) is 0 Å². The Morgan fingerprint density at radius 1 is 1.71 bits per heavy atom. The SMILES string of the molecule is N=CC1CCNC1. The molecule has 0 aromatic carbocycles. The van der Waals surface area contributed by atoms with E-state index < -0.39 is 0 Å². The van der Waals surface area contributed by atoms with Crippen molar-refractivity contribution in [3.8, 4) is 0 Å². The van der Waals surface area contributed by atoms with Crippen LogP contribution in [0.1, 0.15) is 6.42 Å².